The van der Waals surface area contributed by atoms with Crippen molar-refractivity contribution in [2.45, 2.75) is 37.8 Å². The van der Waals surface area contributed by atoms with E-state index in [1.54, 1.807) is 0 Å². The van der Waals surface area contributed by atoms with Crippen LogP contribution < -0.4 is 0 Å². The molecule has 1 saturated heterocycles. The molecule has 0 aromatic carbocycles. The van der Waals surface area contributed by atoms with Crippen LogP contribution in [-0.4, -0.2) is 45.7 Å². The minimum absolute atomic E-state index is 0.00412. The van der Waals surface area contributed by atoms with E-state index in [2.05, 4.69) is 0 Å². The van der Waals surface area contributed by atoms with Gasteiger partial charge in [0.05, 0.1) is 6.10 Å². The summed E-state index contributed by atoms with van der Waals surface area (Å²) in [6.45, 7) is 0.196. The minimum Gasteiger partial charge on any atom is -0.480 e. The molecule has 2 bridgehead atoms. The maximum atomic E-state index is 12.6. The number of hydrogen-bond donors (Lipinski definition) is 2. The van der Waals surface area contributed by atoms with Gasteiger partial charge in [0.1, 0.15) is 6.04 Å². The molecule has 104 valence electrons. The monoisotopic (exact) mass is 265 g/mol. The third kappa shape index (κ3) is 1.51. The minimum atomic E-state index is -0.987. The molecule has 2 N–H and O–H groups in total. The highest BCUT2D eigenvalue weighted by Crippen LogP contribution is 2.69. The highest BCUT2D eigenvalue weighted by Gasteiger charge is 2.68. The predicted molar refractivity (Wildman–Crippen MR) is 65.1 cm³/mol. The number of likely N-dealkylation sites (tertiary alicyclic amines) is 1. The molecule has 4 unspecified atom stereocenters. The molecule has 0 aromatic heterocycles. The molecule has 0 aromatic rings. The molecule has 1 amide bonds. The van der Waals surface area contributed by atoms with Crippen LogP contribution in [0.4, 0.5) is 0 Å². The lowest BCUT2D eigenvalue weighted by Crippen LogP contribution is -2.42. The SMILES string of the molecule is O=C(O)[C@H]1C[C@@H](O)CN1C(=O)C1C2C3CCC(C3)C12. The Morgan fingerprint density at radius 1 is 1.05 bits per heavy atom. The summed E-state index contributed by atoms with van der Waals surface area (Å²) >= 11 is 0. The second-order valence-corrected chi connectivity index (χ2v) is 6.75. The fraction of sp³-hybridized carbons (Fsp3) is 0.857. The van der Waals surface area contributed by atoms with E-state index < -0.39 is 18.1 Å². The Hall–Kier alpha value is -1.10. The molecule has 1 heterocycles. The fourth-order valence-electron chi connectivity index (χ4n) is 5.14. The lowest BCUT2D eigenvalue weighted by molar-refractivity contribution is -0.149. The number of aliphatic carboxylic acids is 1. The Kier molecular flexibility index (Phi) is 2.29. The zero-order valence-corrected chi connectivity index (χ0v) is 10.7. The van der Waals surface area contributed by atoms with E-state index in [4.69, 9.17) is 5.11 Å². The van der Waals surface area contributed by atoms with Gasteiger partial charge in [-0.3, -0.25) is 4.79 Å². The topological polar surface area (TPSA) is 77.8 Å². The van der Waals surface area contributed by atoms with Crippen molar-refractivity contribution in [3.8, 4) is 0 Å². The van der Waals surface area contributed by atoms with Crippen molar-refractivity contribution >= 4 is 11.9 Å². The Morgan fingerprint density at radius 2 is 1.68 bits per heavy atom. The van der Waals surface area contributed by atoms with Crippen molar-refractivity contribution in [1.82, 2.24) is 4.90 Å². The summed E-state index contributed by atoms with van der Waals surface area (Å²) < 4.78 is 0. The lowest BCUT2D eigenvalue weighted by Gasteiger charge is -2.22. The Labute approximate surface area is 111 Å². The van der Waals surface area contributed by atoms with Gasteiger partial charge in [0.25, 0.3) is 0 Å². The van der Waals surface area contributed by atoms with Gasteiger partial charge >= 0.3 is 5.97 Å². The van der Waals surface area contributed by atoms with E-state index in [9.17, 15) is 14.7 Å². The number of carboxylic acids is 1. The van der Waals surface area contributed by atoms with Crippen LogP contribution in [-0.2, 0) is 9.59 Å². The number of fused-ring (bicyclic) bond motifs is 5. The molecule has 4 rings (SSSR count). The zero-order chi connectivity index (χ0) is 13.3. The standard InChI is InChI=1S/C14H19NO4/c16-8-4-9(14(18)19)15(5-8)13(17)12-10-6-1-2-7(3-6)11(10)12/h6-12,16H,1-5H2,(H,18,19)/t6?,7?,8-,9-,10?,11?,12?/m1/s1. The van der Waals surface area contributed by atoms with Gasteiger partial charge in [-0.05, 0) is 42.9 Å². The Balaban J connectivity index is 1.51. The number of carbonyl (C=O) groups excluding carboxylic acids is 1. The van der Waals surface area contributed by atoms with Gasteiger partial charge in [0.2, 0.25) is 5.91 Å². The largest absolute Gasteiger partial charge is 0.480 e. The first kappa shape index (κ1) is 11.7. The van der Waals surface area contributed by atoms with Crippen LogP contribution in [0.1, 0.15) is 25.7 Å². The van der Waals surface area contributed by atoms with Crippen LogP contribution in [0, 0.1) is 29.6 Å². The van der Waals surface area contributed by atoms with E-state index >= 15 is 0 Å². The number of amides is 1. The molecule has 1 aliphatic heterocycles. The third-order valence-electron chi connectivity index (χ3n) is 5.87. The molecule has 6 atom stereocenters. The van der Waals surface area contributed by atoms with Crippen LogP contribution in [0.5, 0.6) is 0 Å². The van der Waals surface area contributed by atoms with E-state index in [1.807, 2.05) is 0 Å². The van der Waals surface area contributed by atoms with Crippen molar-refractivity contribution < 1.29 is 19.8 Å². The maximum absolute atomic E-state index is 12.6. The van der Waals surface area contributed by atoms with Gasteiger partial charge in [0.15, 0.2) is 0 Å². The van der Waals surface area contributed by atoms with Crippen LogP contribution in [0.2, 0.25) is 0 Å². The number of β-amino-alcohol motifs (C(OH)–C–C–N with tert-alkyl or cyclic N) is 1. The van der Waals surface area contributed by atoms with Crippen LogP contribution in [0.15, 0.2) is 0 Å². The number of carbonyl (C=O) groups is 2. The second kappa shape index (κ2) is 3.72. The van der Waals surface area contributed by atoms with E-state index in [0.29, 0.717) is 23.7 Å². The van der Waals surface area contributed by atoms with Gasteiger partial charge in [0, 0.05) is 18.9 Å². The number of carboxylic acid groups (broad SMARTS) is 1. The summed E-state index contributed by atoms with van der Waals surface area (Å²) in [5, 5.41) is 18.8. The first-order valence-corrected chi connectivity index (χ1v) is 7.29. The molecular weight excluding hydrogens is 246 g/mol. The molecule has 4 fully saturated rings. The Morgan fingerprint density at radius 3 is 2.26 bits per heavy atom. The number of rotatable bonds is 2. The van der Waals surface area contributed by atoms with Crippen molar-refractivity contribution in [3.63, 3.8) is 0 Å². The smallest absolute Gasteiger partial charge is 0.326 e. The fourth-order valence-corrected chi connectivity index (χ4v) is 5.14. The molecule has 0 spiro atoms. The summed E-state index contributed by atoms with van der Waals surface area (Å²) in [4.78, 5) is 25.2. The summed E-state index contributed by atoms with van der Waals surface area (Å²) in [7, 11) is 0. The van der Waals surface area contributed by atoms with Gasteiger partial charge in [-0.25, -0.2) is 4.79 Å². The summed E-state index contributed by atoms with van der Waals surface area (Å²) in [6, 6.07) is -0.818. The molecule has 5 heteroatoms. The maximum Gasteiger partial charge on any atom is 0.326 e. The molecular formula is C14H19NO4. The first-order valence-electron chi connectivity index (χ1n) is 7.29. The zero-order valence-electron chi connectivity index (χ0n) is 10.7. The first-order chi connectivity index (χ1) is 9.08. The van der Waals surface area contributed by atoms with Crippen molar-refractivity contribution in [2.24, 2.45) is 29.6 Å². The Bertz CT molecular complexity index is 435. The van der Waals surface area contributed by atoms with Gasteiger partial charge in [-0.15, -0.1) is 0 Å². The number of nitrogens with zero attached hydrogens (tertiary/aromatic N) is 1. The molecule has 5 nitrogen and oxygen atoms in total. The molecule has 3 saturated carbocycles. The molecule has 19 heavy (non-hydrogen) atoms. The van der Waals surface area contributed by atoms with Crippen molar-refractivity contribution in [2.75, 3.05) is 6.54 Å². The highest BCUT2D eigenvalue weighted by atomic mass is 16.4. The van der Waals surface area contributed by atoms with E-state index in [0.717, 1.165) is 0 Å². The van der Waals surface area contributed by atoms with Gasteiger partial charge in [-0.1, -0.05) is 0 Å². The summed E-state index contributed by atoms with van der Waals surface area (Å²) in [6.07, 6.45) is 3.28. The van der Waals surface area contributed by atoms with E-state index in [1.165, 1.54) is 24.2 Å². The lowest BCUT2D eigenvalue weighted by atomic mass is 10.0. The number of aliphatic hydroxyl groups excluding tert-OH is 1. The predicted octanol–water partition coefficient (Wildman–Crippen LogP) is 0.325. The molecule has 3 aliphatic carbocycles. The molecule has 0 radical (unpaired) electrons. The second-order valence-electron chi connectivity index (χ2n) is 6.75. The van der Waals surface area contributed by atoms with Gasteiger partial charge < -0.3 is 15.1 Å². The van der Waals surface area contributed by atoms with E-state index in [-0.39, 0.29) is 24.8 Å². The summed E-state index contributed by atoms with van der Waals surface area (Å²) in [5.74, 6) is 1.55. The van der Waals surface area contributed by atoms with Gasteiger partial charge in [-0.2, -0.15) is 0 Å². The normalized spacial score (nSPS) is 50.4. The highest BCUT2D eigenvalue weighted by molar-refractivity contribution is 5.88. The average Bonchev–Trinajstić information content (AvgIpc) is 2.73. The number of aliphatic hydroxyl groups is 1. The van der Waals surface area contributed by atoms with Crippen LogP contribution in [0.25, 0.3) is 0 Å². The summed E-state index contributed by atoms with van der Waals surface area (Å²) in [5.41, 5.74) is 0. The average molecular weight is 265 g/mol. The van der Waals surface area contributed by atoms with Crippen molar-refractivity contribution in [1.29, 1.82) is 0 Å². The quantitative estimate of drug-likeness (QED) is 0.754. The van der Waals surface area contributed by atoms with Crippen molar-refractivity contribution in [3.05, 3.63) is 0 Å². The van der Waals surface area contributed by atoms with Crippen LogP contribution in [0.3, 0.4) is 0 Å². The molecule has 4 aliphatic rings. The third-order valence-corrected chi connectivity index (χ3v) is 5.87. The number of hydrogen-bond acceptors (Lipinski definition) is 3. The van der Waals surface area contributed by atoms with Crippen LogP contribution >= 0.6 is 0 Å².